The molecular formula is C16H17ClINO2. The van der Waals surface area contributed by atoms with Gasteiger partial charge in [0.2, 0.25) is 0 Å². The van der Waals surface area contributed by atoms with Gasteiger partial charge in [0.15, 0.2) is 0 Å². The molecule has 0 fully saturated rings. The van der Waals surface area contributed by atoms with Gasteiger partial charge in [-0.3, -0.25) is 0 Å². The topological polar surface area (TPSA) is 30.5 Å². The molecule has 0 amide bonds. The number of rotatable bonds is 7. The lowest BCUT2D eigenvalue weighted by Gasteiger charge is -2.13. The van der Waals surface area contributed by atoms with Crippen molar-refractivity contribution in [2.75, 3.05) is 20.3 Å². The number of ether oxygens (including phenoxy) is 2. The van der Waals surface area contributed by atoms with Gasteiger partial charge in [-0.15, -0.1) is 0 Å². The predicted molar refractivity (Wildman–Crippen MR) is 94.3 cm³/mol. The first-order valence-electron chi connectivity index (χ1n) is 6.61. The third kappa shape index (κ3) is 5.14. The summed E-state index contributed by atoms with van der Waals surface area (Å²) >= 11 is 8.54. The minimum Gasteiger partial charge on any atom is -0.455 e. The fourth-order valence-electron chi connectivity index (χ4n) is 1.85. The Hall–Kier alpha value is -0.820. The van der Waals surface area contributed by atoms with Crippen molar-refractivity contribution in [3.63, 3.8) is 0 Å². The van der Waals surface area contributed by atoms with Gasteiger partial charge in [-0.2, -0.15) is 0 Å². The van der Waals surface area contributed by atoms with Gasteiger partial charge < -0.3 is 14.8 Å². The van der Waals surface area contributed by atoms with E-state index in [1.165, 1.54) is 0 Å². The lowest BCUT2D eigenvalue weighted by molar-refractivity contribution is 0.199. The maximum atomic E-state index is 6.28. The monoisotopic (exact) mass is 417 g/mol. The van der Waals surface area contributed by atoms with Crippen LogP contribution in [-0.4, -0.2) is 20.3 Å². The van der Waals surface area contributed by atoms with Crippen LogP contribution in [0.5, 0.6) is 11.5 Å². The summed E-state index contributed by atoms with van der Waals surface area (Å²) in [4.78, 5) is 0. The Bertz CT molecular complexity index is 592. The Balaban J connectivity index is 2.13. The van der Waals surface area contributed by atoms with Crippen molar-refractivity contribution in [3.8, 4) is 11.5 Å². The van der Waals surface area contributed by atoms with Crippen LogP contribution in [0.2, 0.25) is 5.02 Å². The van der Waals surface area contributed by atoms with E-state index in [0.29, 0.717) is 23.9 Å². The predicted octanol–water partition coefficient (Wildman–Crippen LogP) is 4.47. The lowest BCUT2D eigenvalue weighted by atomic mass is 10.2. The summed E-state index contributed by atoms with van der Waals surface area (Å²) in [6.07, 6.45) is 0. The Morgan fingerprint density at radius 1 is 1.19 bits per heavy atom. The molecule has 1 N–H and O–H groups in total. The number of methoxy groups -OCH3 is 1. The van der Waals surface area contributed by atoms with E-state index in [1.54, 1.807) is 7.11 Å². The van der Waals surface area contributed by atoms with Crippen LogP contribution in [0, 0.1) is 3.57 Å². The molecule has 112 valence electrons. The molecule has 2 aromatic carbocycles. The first-order valence-corrected chi connectivity index (χ1v) is 8.07. The van der Waals surface area contributed by atoms with Crippen molar-refractivity contribution >= 4 is 34.2 Å². The summed E-state index contributed by atoms with van der Waals surface area (Å²) in [5.41, 5.74) is 1.03. The lowest BCUT2D eigenvalue weighted by Crippen LogP contribution is -2.18. The van der Waals surface area contributed by atoms with Gasteiger partial charge in [-0.25, -0.2) is 0 Å². The highest BCUT2D eigenvalue weighted by Gasteiger charge is 2.09. The van der Waals surface area contributed by atoms with E-state index >= 15 is 0 Å². The van der Waals surface area contributed by atoms with E-state index in [4.69, 9.17) is 21.1 Å². The van der Waals surface area contributed by atoms with E-state index in [2.05, 4.69) is 27.9 Å². The number of hydrogen-bond donors (Lipinski definition) is 1. The Morgan fingerprint density at radius 3 is 2.76 bits per heavy atom. The Labute approximate surface area is 143 Å². The highest BCUT2D eigenvalue weighted by Crippen LogP contribution is 2.33. The zero-order valence-electron chi connectivity index (χ0n) is 11.7. The van der Waals surface area contributed by atoms with Crippen LogP contribution in [0.3, 0.4) is 0 Å². The molecule has 0 heterocycles. The van der Waals surface area contributed by atoms with E-state index in [1.807, 2.05) is 42.5 Å². The molecule has 0 aliphatic rings. The molecule has 0 spiro atoms. The first-order chi connectivity index (χ1) is 10.2. The molecule has 0 saturated carbocycles. The number of para-hydroxylation sites is 1. The number of nitrogens with one attached hydrogen (secondary N) is 1. The zero-order valence-corrected chi connectivity index (χ0v) is 14.6. The van der Waals surface area contributed by atoms with Gasteiger partial charge in [-0.05, 0) is 46.9 Å². The van der Waals surface area contributed by atoms with Crippen LogP contribution in [0.15, 0.2) is 42.5 Å². The molecule has 0 aromatic heterocycles. The molecule has 0 unspecified atom stereocenters. The minimum absolute atomic E-state index is 0.611. The van der Waals surface area contributed by atoms with Gasteiger partial charge >= 0.3 is 0 Å². The summed E-state index contributed by atoms with van der Waals surface area (Å²) in [5.74, 6) is 1.49. The number of halogens is 2. The van der Waals surface area contributed by atoms with Crippen LogP contribution in [-0.2, 0) is 11.3 Å². The smallest absolute Gasteiger partial charge is 0.150 e. The maximum absolute atomic E-state index is 6.28. The van der Waals surface area contributed by atoms with E-state index in [0.717, 1.165) is 21.4 Å². The summed E-state index contributed by atoms with van der Waals surface area (Å²) in [5, 5.41) is 3.91. The van der Waals surface area contributed by atoms with Gasteiger partial charge in [0.05, 0.1) is 11.6 Å². The SMILES string of the molecule is COCCNCc1cccc(Cl)c1Oc1cccc(I)c1. The summed E-state index contributed by atoms with van der Waals surface area (Å²) in [7, 11) is 1.69. The average molecular weight is 418 g/mol. The van der Waals surface area contributed by atoms with Gasteiger partial charge in [0.1, 0.15) is 11.5 Å². The molecule has 0 saturated heterocycles. The van der Waals surface area contributed by atoms with Crippen molar-refractivity contribution in [2.24, 2.45) is 0 Å². The van der Waals surface area contributed by atoms with Crippen LogP contribution < -0.4 is 10.1 Å². The molecule has 21 heavy (non-hydrogen) atoms. The molecule has 0 bridgehead atoms. The molecule has 3 nitrogen and oxygen atoms in total. The molecule has 0 aliphatic heterocycles. The molecular weight excluding hydrogens is 401 g/mol. The number of hydrogen-bond acceptors (Lipinski definition) is 3. The average Bonchev–Trinajstić information content (AvgIpc) is 2.47. The van der Waals surface area contributed by atoms with Crippen molar-refractivity contribution < 1.29 is 9.47 Å². The summed E-state index contributed by atoms with van der Waals surface area (Å²) < 4.78 is 12.1. The molecule has 0 aliphatic carbocycles. The van der Waals surface area contributed by atoms with Crippen LogP contribution in [0.1, 0.15) is 5.56 Å². The standard InChI is InChI=1S/C16H17ClINO2/c1-20-9-8-19-11-12-4-2-7-15(17)16(12)21-14-6-3-5-13(18)10-14/h2-7,10,19H,8-9,11H2,1H3. The van der Waals surface area contributed by atoms with Crippen molar-refractivity contribution in [1.29, 1.82) is 0 Å². The van der Waals surface area contributed by atoms with Crippen LogP contribution >= 0.6 is 34.2 Å². The number of benzene rings is 2. The minimum atomic E-state index is 0.611. The normalized spacial score (nSPS) is 10.6. The fourth-order valence-corrected chi connectivity index (χ4v) is 2.60. The third-order valence-electron chi connectivity index (χ3n) is 2.86. The maximum Gasteiger partial charge on any atom is 0.150 e. The summed E-state index contributed by atoms with van der Waals surface area (Å²) in [6.45, 7) is 2.14. The second-order valence-corrected chi connectivity index (χ2v) is 6.11. The molecule has 2 aromatic rings. The van der Waals surface area contributed by atoms with Crippen molar-refractivity contribution in [1.82, 2.24) is 5.32 Å². The third-order valence-corrected chi connectivity index (χ3v) is 3.83. The van der Waals surface area contributed by atoms with Gasteiger partial charge in [-0.1, -0.05) is 29.8 Å². The van der Waals surface area contributed by atoms with Gasteiger partial charge in [0.25, 0.3) is 0 Å². The highest BCUT2D eigenvalue weighted by atomic mass is 127. The highest BCUT2D eigenvalue weighted by molar-refractivity contribution is 14.1. The van der Waals surface area contributed by atoms with E-state index in [-0.39, 0.29) is 0 Å². The first kappa shape index (κ1) is 16.5. The molecule has 5 heteroatoms. The Kier molecular flexibility index (Phi) is 6.76. The largest absolute Gasteiger partial charge is 0.455 e. The second kappa shape index (κ2) is 8.58. The van der Waals surface area contributed by atoms with E-state index < -0.39 is 0 Å². The molecule has 0 atom stereocenters. The zero-order chi connectivity index (χ0) is 15.1. The Morgan fingerprint density at radius 2 is 2.00 bits per heavy atom. The van der Waals surface area contributed by atoms with Crippen LogP contribution in [0.25, 0.3) is 0 Å². The molecule has 0 radical (unpaired) electrons. The van der Waals surface area contributed by atoms with Crippen molar-refractivity contribution in [2.45, 2.75) is 6.54 Å². The van der Waals surface area contributed by atoms with Gasteiger partial charge in [0, 0.05) is 29.3 Å². The van der Waals surface area contributed by atoms with E-state index in [9.17, 15) is 0 Å². The molecule has 2 rings (SSSR count). The summed E-state index contributed by atoms with van der Waals surface area (Å²) in [6, 6.07) is 13.7. The second-order valence-electron chi connectivity index (χ2n) is 4.46. The van der Waals surface area contributed by atoms with Crippen molar-refractivity contribution in [3.05, 3.63) is 56.6 Å². The fraction of sp³-hybridized carbons (Fsp3) is 0.250. The quantitative estimate of drug-likeness (QED) is 0.532. The van der Waals surface area contributed by atoms with Crippen LogP contribution in [0.4, 0.5) is 0 Å².